The largest absolute Gasteiger partial charge is 0.297 e. The number of hydrogen-bond donors (Lipinski definition) is 3. The molecule has 0 spiro atoms. The van der Waals surface area contributed by atoms with Crippen LogP contribution in [0.25, 0.3) is 22.4 Å². The molecule has 0 aliphatic carbocycles. The maximum absolute atomic E-state index is 12.3. The minimum Gasteiger partial charge on any atom is -0.297 e. The van der Waals surface area contributed by atoms with Crippen LogP contribution in [0.2, 0.25) is 0 Å². The number of aromatic nitrogens is 2. The van der Waals surface area contributed by atoms with Gasteiger partial charge >= 0.3 is 0 Å². The average molecular weight is 320 g/mol. The van der Waals surface area contributed by atoms with Crippen LogP contribution in [0.4, 0.5) is 0 Å². The number of nitrogens with zero attached hydrogens (tertiary/aromatic N) is 1. The van der Waals surface area contributed by atoms with Crippen LogP contribution in [-0.2, 0) is 4.79 Å². The summed E-state index contributed by atoms with van der Waals surface area (Å²) in [6.45, 7) is 1.34. The molecule has 3 N–H and O–H groups in total. The lowest BCUT2D eigenvalue weighted by molar-refractivity contribution is -0.119. The predicted molar refractivity (Wildman–Crippen MR) is 91.7 cm³/mol. The van der Waals surface area contributed by atoms with E-state index in [-0.39, 0.29) is 11.3 Å². The van der Waals surface area contributed by atoms with Gasteiger partial charge in [-0.15, -0.1) is 0 Å². The average Bonchev–Trinajstić information content (AvgIpc) is 2.61. The first kappa shape index (κ1) is 15.5. The Labute approximate surface area is 137 Å². The summed E-state index contributed by atoms with van der Waals surface area (Å²) in [6.07, 6.45) is 0. The molecule has 6 heteroatoms. The maximum Gasteiger partial charge on any atom is 0.290 e. The summed E-state index contributed by atoms with van der Waals surface area (Å²) < 4.78 is 0. The number of benzene rings is 2. The summed E-state index contributed by atoms with van der Waals surface area (Å²) >= 11 is 0. The first-order chi connectivity index (χ1) is 11.7. The fraction of sp³-hybridized carbons (Fsp3) is 0.0556. The molecule has 3 rings (SSSR count). The van der Waals surface area contributed by atoms with E-state index in [1.165, 1.54) is 6.92 Å². The molecule has 0 atom stereocenters. The lowest BCUT2D eigenvalue weighted by Gasteiger charge is -2.10. The second-order valence-corrected chi connectivity index (χ2v) is 5.19. The third-order valence-corrected chi connectivity index (χ3v) is 3.45. The van der Waals surface area contributed by atoms with E-state index in [0.717, 1.165) is 11.1 Å². The number of hydrogen-bond acceptors (Lipinski definition) is 3. The third-order valence-electron chi connectivity index (χ3n) is 3.45. The molecule has 1 amide bonds. The smallest absolute Gasteiger partial charge is 0.290 e. The van der Waals surface area contributed by atoms with Gasteiger partial charge in [0.05, 0.1) is 5.69 Å². The van der Waals surface area contributed by atoms with Gasteiger partial charge in [0.15, 0.2) is 5.36 Å². The van der Waals surface area contributed by atoms with Crippen LogP contribution in [-0.4, -0.2) is 16.1 Å². The molecule has 3 aromatic rings. The van der Waals surface area contributed by atoms with Gasteiger partial charge in [-0.25, -0.2) is 5.43 Å². The van der Waals surface area contributed by atoms with E-state index in [1.54, 1.807) is 0 Å². The van der Waals surface area contributed by atoms with E-state index in [2.05, 4.69) is 20.7 Å². The second-order valence-electron chi connectivity index (χ2n) is 5.19. The minimum atomic E-state index is -0.415. The predicted octanol–water partition coefficient (Wildman–Crippen LogP) is 1.99. The van der Waals surface area contributed by atoms with E-state index >= 15 is 0 Å². The van der Waals surface area contributed by atoms with Crippen LogP contribution >= 0.6 is 0 Å². The van der Waals surface area contributed by atoms with Crippen molar-refractivity contribution in [2.75, 3.05) is 0 Å². The Morgan fingerprint density at radius 1 is 0.917 bits per heavy atom. The summed E-state index contributed by atoms with van der Waals surface area (Å²) in [7, 11) is 0. The molecule has 0 radical (unpaired) electrons. The SMILES string of the molecule is CC(=O)NN=c1c(-c2ccccc2)c(-c2ccccc2)[nH][nH]c1=O. The van der Waals surface area contributed by atoms with Crippen molar-refractivity contribution in [3.63, 3.8) is 0 Å². The van der Waals surface area contributed by atoms with Gasteiger partial charge in [0.2, 0.25) is 5.91 Å². The minimum absolute atomic E-state index is 0.147. The van der Waals surface area contributed by atoms with Crippen LogP contribution in [0.5, 0.6) is 0 Å². The molecule has 120 valence electrons. The van der Waals surface area contributed by atoms with Gasteiger partial charge in [0.25, 0.3) is 5.56 Å². The second kappa shape index (κ2) is 6.78. The Hall–Kier alpha value is -3.41. The third kappa shape index (κ3) is 3.17. The van der Waals surface area contributed by atoms with Crippen molar-refractivity contribution in [3.8, 4) is 22.4 Å². The van der Waals surface area contributed by atoms with Crippen molar-refractivity contribution in [2.45, 2.75) is 6.92 Å². The fourth-order valence-electron chi connectivity index (χ4n) is 2.42. The number of nitrogens with one attached hydrogen (secondary N) is 3. The first-order valence-electron chi connectivity index (χ1n) is 7.43. The van der Waals surface area contributed by atoms with Crippen LogP contribution < -0.4 is 16.3 Å². The highest BCUT2D eigenvalue weighted by molar-refractivity contribution is 5.80. The monoisotopic (exact) mass is 320 g/mol. The molecule has 0 unspecified atom stereocenters. The Bertz CT molecular complexity index is 973. The van der Waals surface area contributed by atoms with Crippen molar-refractivity contribution in [1.82, 2.24) is 15.6 Å². The molecule has 0 fully saturated rings. The number of carbonyl (C=O) groups excluding carboxylic acids is 1. The van der Waals surface area contributed by atoms with E-state index in [0.29, 0.717) is 11.3 Å². The van der Waals surface area contributed by atoms with Gasteiger partial charge in [0.1, 0.15) is 0 Å². The van der Waals surface area contributed by atoms with Crippen LogP contribution in [0, 0.1) is 0 Å². The fourth-order valence-corrected chi connectivity index (χ4v) is 2.42. The van der Waals surface area contributed by atoms with Crippen molar-refractivity contribution >= 4 is 5.91 Å². The highest BCUT2D eigenvalue weighted by Crippen LogP contribution is 2.25. The maximum atomic E-state index is 12.3. The van der Waals surface area contributed by atoms with Gasteiger partial charge in [-0.3, -0.25) is 19.8 Å². The van der Waals surface area contributed by atoms with Crippen molar-refractivity contribution in [1.29, 1.82) is 0 Å². The lowest BCUT2D eigenvalue weighted by Crippen LogP contribution is -2.34. The molecule has 0 saturated carbocycles. The topological polar surface area (TPSA) is 90.1 Å². The van der Waals surface area contributed by atoms with Crippen molar-refractivity contribution in [2.24, 2.45) is 5.10 Å². The number of carbonyl (C=O) groups is 1. The standard InChI is InChI=1S/C18H16N4O2/c1-12(23)19-21-17-15(13-8-4-2-5-9-13)16(20-22-18(17)24)14-10-6-3-7-11-14/h2-11H,1H3,(H,19,23)(H,20,21)(H,22,24). The van der Waals surface area contributed by atoms with Gasteiger partial charge < -0.3 is 0 Å². The molecule has 6 nitrogen and oxygen atoms in total. The lowest BCUT2D eigenvalue weighted by atomic mass is 9.99. The van der Waals surface area contributed by atoms with Crippen molar-refractivity contribution < 1.29 is 4.79 Å². The molecular weight excluding hydrogens is 304 g/mol. The van der Waals surface area contributed by atoms with E-state index in [1.807, 2.05) is 60.7 Å². The quantitative estimate of drug-likeness (QED) is 0.644. The Kier molecular flexibility index (Phi) is 4.38. The molecule has 0 bridgehead atoms. The van der Waals surface area contributed by atoms with Gasteiger partial charge in [0, 0.05) is 18.1 Å². The highest BCUT2D eigenvalue weighted by atomic mass is 16.2. The Balaban J connectivity index is 2.36. The van der Waals surface area contributed by atoms with Crippen LogP contribution in [0.1, 0.15) is 6.92 Å². The normalized spacial score (nSPS) is 11.3. The number of aromatic amines is 2. The summed E-state index contributed by atoms with van der Waals surface area (Å²) in [5.74, 6) is -0.345. The molecule has 0 aliphatic heterocycles. The summed E-state index contributed by atoms with van der Waals surface area (Å²) in [4.78, 5) is 23.5. The molecular formula is C18H16N4O2. The number of rotatable bonds is 3. The molecule has 0 aliphatic rings. The zero-order valence-electron chi connectivity index (χ0n) is 13.0. The molecule has 1 aromatic heterocycles. The van der Waals surface area contributed by atoms with Gasteiger partial charge in [-0.1, -0.05) is 60.7 Å². The Morgan fingerprint density at radius 3 is 2.08 bits per heavy atom. The zero-order chi connectivity index (χ0) is 16.9. The number of amides is 1. The van der Waals surface area contributed by atoms with Gasteiger partial charge in [-0.2, -0.15) is 5.10 Å². The molecule has 2 aromatic carbocycles. The zero-order valence-corrected chi connectivity index (χ0v) is 13.0. The summed E-state index contributed by atoms with van der Waals surface area (Å²) in [5, 5.41) is 9.66. The van der Waals surface area contributed by atoms with Crippen molar-refractivity contribution in [3.05, 3.63) is 76.4 Å². The molecule has 1 heterocycles. The van der Waals surface area contributed by atoms with E-state index < -0.39 is 5.56 Å². The summed E-state index contributed by atoms with van der Waals surface area (Å²) in [6, 6.07) is 19.0. The first-order valence-corrected chi connectivity index (χ1v) is 7.43. The van der Waals surface area contributed by atoms with Crippen LogP contribution in [0.3, 0.4) is 0 Å². The van der Waals surface area contributed by atoms with Gasteiger partial charge in [-0.05, 0) is 5.56 Å². The highest BCUT2D eigenvalue weighted by Gasteiger charge is 2.13. The van der Waals surface area contributed by atoms with Crippen LogP contribution in [0.15, 0.2) is 70.6 Å². The van der Waals surface area contributed by atoms with E-state index in [9.17, 15) is 9.59 Å². The Morgan fingerprint density at radius 2 is 1.50 bits per heavy atom. The summed E-state index contributed by atoms with van der Waals surface area (Å²) in [5.41, 5.74) is 4.98. The number of H-pyrrole nitrogens is 2. The van der Waals surface area contributed by atoms with E-state index in [4.69, 9.17) is 0 Å². The molecule has 0 saturated heterocycles. The molecule has 24 heavy (non-hydrogen) atoms.